The third-order valence-electron chi connectivity index (χ3n) is 4.36. The molecular formula is C25H25ClN2O4. The molecule has 1 amide bonds. The second kappa shape index (κ2) is 11.8. The van der Waals surface area contributed by atoms with Crippen molar-refractivity contribution >= 4 is 29.4 Å². The van der Waals surface area contributed by atoms with Gasteiger partial charge >= 0.3 is 0 Å². The Hall–Kier alpha value is -3.51. The molecule has 6 nitrogen and oxygen atoms in total. The first-order valence-corrected chi connectivity index (χ1v) is 10.6. The number of amides is 1. The van der Waals surface area contributed by atoms with Gasteiger partial charge in [0, 0.05) is 11.3 Å². The number of anilines is 1. The van der Waals surface area contributed by atoms with E-state index in [-0.39, 0.29) is 12.5 Å². The summed E-state index contributed by atoms with van der Waals surface area (Å²) in [6, 6.07) is 20.7. The molecular weight excluding hydrogens is 428 g/mol. The van der Waals surface area contributed by atoms with Gasteiger partial charge in [0.15, 0.2) is 18.1 Å². The van der Waals surface area contributed by atoms with E-state index in [0.29, 0.717) is 41.0 Å². The lowest BCUT2D eigenvalue weighted by molar-refractivity contribution is -0.120. The molecule has 0 fully saturated rings. The highest BCUT2D eigenvalue weighted by Gasteiger charge is 2.13. The first kappa shape index (κ1) is 23.2. The van der Waals surface area contributed by atoms with Gasteiger partial charge in [-0.3, -0.25) is 4.79 Å². The highest BCUT2D eigenvalue weighted by Crippen LogP contribution is 2.37. The monoisotopic (exact) mass is 452 g/mol. The highest BCUT2D eigenvalue weighted by molar-refractivity contribution is 6.32. The molecule has 0 heterocycles. The maximum Gasteiger partial charge on any atom is 0.265 e. The number of halogens is 1. The van der Waals surface area contributed by atoms with E-state index in [1.807, 2.05) is 68.4 Å². The van der Waals surface area contributed by atoms with Crippen molar-refractivity contribution in [1.82, 2.24) is 0 Å². The lowest BCUT2D eigenvalue weighted by Gasteiger charge is -2.14. The molecule has 0 aliphatic carbocycles. The van der Waals surface area contributed by atoms with Gasteiger partial charge in [-0.2, -0.15) is 0 Å². The zero-order valence-corrected chi connectivity index (χ0v) is 18.8. The Kier molecular flexibility index (Phi) is 8.52. The largest absolute Gasteiger partial charge is 0.490 e. The molecule has 3 aromatic rings. The average Bonchev–Trinajstić information content (AvgIpc) is 2.79. The van der Waals surface area contributed by atoms with E-state index in [4.69, 9.17) is 25.9 Å². The molecule has 0 aliphatic heterocycles. The average molecular weight is 453 g/mol. The Morgan fingerprint density at radius 1 is 1.06 bits per heavy atom. The quantitative estimate of drug-likeness (QED) is 0.320. The normalized spacial score (nSPS) is 10.7. The van der Waals surface area contributed by atoms with Crippen LogP contribution in [-0.4, -0.2) is 25.3 Å². The molecule has 0 saturated carbocycles. The van der Waals surface area contributed by atoms with Crippen LogP contribution < -0.4 is 14.8 Å². The van der Waals surface area contributed by atoms with E-state index in [1.165, 1.54) is 6.21 Å². The van der Waals surface area contributed by atoms with Crippen LogP contribution in [0.25, 0.3) is 0 Å². The molecule has 3 rings (SSSR count). The minimum Gasteiger partial charge on any atom is -0.490 e. The SMILES string of the molecule is CCOc1cc(/C=N/OCC(=O)Nc2ccc(C)cc2)cc(Cl)c1OCc1ccccc1. The van der Waals surface area contributed by atoms with Crippen LogP contribution in [-0.2, 0) is 16.2 Å². The van der Waals surface area contributed by atoms with Gasteiger partial charge in [0.05, 0.1) is 17.8 Å². The maximum absolute atomic E-state index is 12.0. The van der Waals surface area contributed by atoms with E-state index < -0.39 is 0 Å². The summed E-state index contributed by atoms with van der Waals surface area (Å²) in [5, 5.41) is 7.00. The van der Waals surface area contributed by atoms with Crippen molar-refractivity contribution in [1.29, 1.82) is 0 Å². The van der Waals surface area contributed by atoms with Crippen LogP contribution in [0.15, 0.2) is 71.9 Å². The van der Waals surface area contributed by atoms with Gasteiger partial charge in [0.2, 0.25) is 0 Å². The number of hydrogen-bond donors (Lipinski definition) is 1. The molecule has 0 bridgehead atoms. The predicted octanol–water partition coefficient (Wildman–Crippen LogP) is 5.62. The van der Waals surface area contributed by atoms with E-state index >= 15 is 0 Å². The Balaban J connectivity index is 1.58. The molecule has 0 saturated heterocycles. The van der Waals surface area contributed by atoms with Crippen LogP contribution in [0, 0.1) is 6.92 Å². The van der Waals surface area contributed by atoms with Crippen molar-refractivity contribution in [3.8, 4) is 11.5 Å². The van der Waals surface area contributed by atoms with Crippen LogP contribution in [0.4, 0.5) is 5.69 Å². The van der Waals surface area contributed by atoms with Crippen LogP contribution in [0.3, 0.4) is 0 Å². The second-order valence-corrected chi connectivity index (χ2v) is 7.37. The van der Waals surface area contributed by atoms with Gasteiger partial charge < -0.3 is 19.6 Å². The van der Waals surface area contributed by atoms with Crippen LogP contribution in [0.5, 0.6) is 11.5 Å². The summed E-state index contributed by atoms with van der Waals surface area (Å²) in [5.74, 6) is 0.672. The smallest absolute Gasteiger partial charge is 0.265 e. The number of nitrogens with zero attached hydrogens (tertiary/aromatic N) is 1. The second-order valence-electron chi connectivity index (χ2n) is 6.96. The summed E-state index contributed by atoms with van der Waals surface area (Å²) in [4.78, 5) is 17.1. The molecule has 7 heteroatoms. The van der Waals surface area contributed by atoms with Crippen molar-refractivity contribution in [2.45, 2.75) is 20.5 Å². The summed E-state index contributed by atoms with van der Waals surface area (Å²) in [6.45, 7) is 4.47. The zero-order valence-electron chi connectivity index (χ0n) is 18.0. The van der Waals surface area contributed by atoms with Gasteiger partial charge in [-0.25, -0.2) is 0 Å². The molecule has 0 spiro atoms. The fraction of sp³-hybridized carbons (Fsp3) is 0.200. The first-order chi connectivity index (χ1) is 15.5. The molecule has 0 atom stereocenters. The van der Waals surface area contributed by atoms with E-state index in [2.05, 4.69) is 10.5 Å². The predicted molar refractivity (Wildman–Crippen MR) is 127 cm³/mol. The summed E-state index contributed by atoms with van der Waals surface area (Å²) in [7, 11) is 0. The Morgan fingerprint density at radius 3 is 2.53 bits per heavy atom. The molecule has 0 aromatic heterocycles. The summed E-state index contributed by atoms with van der Waals surface area (Å²) < 4.78 is 11.6. The van der Waals surface area contributed by atoms with Crippen molar-refractivity contribution in [2.24, 2.45) is 5.16 Å². The number of rotatable bonds is 10. The van der Waals surface area contributed by atoms with Crippen molar-refractivity contribution < 1.29 is 19.1 Å². The first-order valence-electron chi connectivity index (χ1n) is 10.2. The number of nitrogens with one attached hydrogen (secondary N) is 1. The molecule has 166 valence electrons. The van der Waals surface area contributed by atoms with E-state index in [1.54, 1.807) is 12.1 Å². The van der Waals surface area contributed by atoms with Gasteiger partial charge in [-0.05, 0) is 43.7 Å². The maximum atomic E-state index is 12.0. The fourth-order valence-electron chi connectivity index (χ4n) is 2.82. The summed E-state index contributed by atoms with van der Waals surface area (Å²) >= 11 is 6.43. The van der Waals surface area contributed by atoms with Crippen molar-refractivity contribution in [3.05, 3.63) is 88.4 Å². The van der Waals surface area contributed by atoms with Gasteiger partial charge in [-0.1, -0.05) is 64.8 Å². The third kappa shape index (κ3) is 7.03. The van der Waals surface area contributed by atoms with Crippen molar-refractivity contribution in [2.75, 3.05) is 18.5 Å². The Bertz CT molecular complexity index is 1050. The summed E-state index contributed by atoms with van der Waals surface area (Å²) in [5.41, 5.74) is 3.50. The Morgan fingerprint density at radius 2 is 1.81 bits per heavy atom. The number of aryl methyl sites for hydroxylation is 1. The van der Waals surface area contributed by atoms with Crippen LogP contribution in [0.2, 0.25) is 5.02 Å². The minimum atomic E-state index is -0.302. The third-order valence-corrected chi connectivity index (χ3v) is 4.65. The standard InChI is InChI=1S/C25H25ClN2O4/c1-3-30-23-14-20(13-22(26)25(23)31-16-19-7-5-4-6-8-19)15-27-32-17-24(29)28-21-11-9-18(2)10-12-21/h4-15H,3,16-17H2,1-2H3,(H,28,29)/b27-15+. The summed E-state index contributed by atoms with van der Waals surface area (Å²) in [6.07, 6.45) is 1.47. The fourth-order valence-corrected chi connectivity index (χ4v) is 3.10. The molecule has 0 aliphatic rings. The van der Waals surface area contributed by atoms with Crippen LogP contribution >= 0.6 is 11.6 Å². The molecule has 32 heavy (non-hydrogen) atoms. The molecule has 3 aromatic carbocycles. The lowest BCUT2D eigenvalue weighted by Crippen LogP contribution is -2.16. The number of benzene rings is 3. The van der Waals surface area contributed by atoms with Crippen LogP contribution in [0.1, 0.15) is 23.6 Å². The number of hydrogen-bond acceptors (Lipinski definition) is 5. The number of carbonyl (C=O) groups is 1. The van der Waals surface area contributed by atoms with Gasteiger partial charge in [0.1, 0.15) is 6.61 Å². The molecule has 1 N–H and O–H groups in total. The van der Waals surface area contributed by atoms with Gasteiger partial charge in [0.25, 0.3) is 5.91 Å². The number of ether oxygens (including phenoxy) is 2. The lowest BCUT2D eigenvalue weighted by atomic mass is 10.2. The molecule has 0 unspecified atom stereocenters. The number of oxime groups is 1. The molecule has 0 radical (unpaired) electrons. The Labute approximate surface area is 192 Å². The topological polar surface area (TPSA) is 69.2 Å². The zero-order chi connectivity index (χ0) is 22.8. The van der Waals surface area contributed by atoms with Gasteiger partial charge in [-0.15, -0.1) is 0 Å². The number of carbonyl (C=O) groups excluding carboxylic acids is 1. The van der Waals surface area contributed by atoms with E-state index in [0.717, 1.165) is 11.1 Å². The van der Waals surface area contributed by atoms with Crippen molar-refractivity contribution in [3.63, 3.8) is 0 Å². The minimum absolute atomic E-state index is 0.214. The highest BCUT2D eigenvalue weighted by atomic mass is 35.5. The van der Waals surface area contributed by atoms with E-state index in [9.17, 15) is 4.79 Å².